The van der Waals surface area contributed by atoms with Gasteiger partial charge in [0.1, 0.15) is 19.3 Å². The van der Waals surface area contributed by atoms with Gasteiger partial charge >= 0.3 is 0 Å². The van der Waals surface area contributed by atoms with Gasteiger partial charge in [-0.05, 0) is 31.5 Å². The number of hydrogen-bond acceptors (Lipinski definition) is 3. The number of nitrogens with zero attached hydrogens (tertiary/aromatic N) is 2. The highest BCUT2D eigenvalue weighted by atomic mass is 35.5. The average Bonchev–Trinajstić information content (AvgIpc) is 2.95. The first-order valence-corrected chi connectivity index (χ1v) is 10.1. The second-order valence-corrected chi connectivity index (χ2v) is 9.80. The Labute approximate surface area is 142 Å². The van der Waals surface area contributed by atoms with E-state index in [0.717, 1.165) is 0 Å². The molecule has 0 spiro atoms. The van der Waals surface area contributed by atoms with Gasteiger partial charge in [0.15, 0.2) is 0 Å². The third-order valence-corrected chi connectivity index (χ3v) is 5.98. The Morgan fingerprint density at radius 3 is 2.71 bits per heavy atom. The van der Waals surface area contributed by atoms with Crippen LogP contribution < -0.4 is 5.30 Å². The van der Waals surface area contributed by atoms with Gasteiger partial charge in [-0.15, -0.1) is 0 Å². The van der Waals surface area contributed by atoms with E-state index in [2.05, 4.69) is 0 Å². The van der Waals surface area contributed by atoms with Gasteiger partial charge in [-0.3, -0.25) is 0 Å². The minimum absolute atomic E-state index is 0.0294. The van der Waals surface area contributed by atoms with Crippen LogP contribution in [0.3, 0.4) is 0 Å². The van der Waals surface area contributed by atoms with Gasteiger partial charge in [0.2, 0.25) is 0 Å². The molecule has 1 aliphatic rings. The molecule has 1 atom stereocenters. The molecule has 0 fully saturated rings. The van der Waals surface area contributed by atoms with Crippen molar-refractivity contribution in [3.05, 3.63) is 46.2 Å². The van der Waals surface area contributed by atoms with Crippen LogP contribution in [-0.4, -0.2) is 28.9 Å². The first kappa shape index (κ1) is 17.2. The van der Waals surface area contributed by atoms with Crippen molar-refractivity contribution in [1.82, 2.24) is 4.57 Å². The zero-order valence-electron chi connectivity index (χ0n) is 12.9. The first-order valence-electron chi connectivity index (χ1n) is 7.12. The Kier molecular flexibility index (Phi) is 3.88. The van der Waals surface area contributed by atoms with Gasteiger partial charge in [-0.2, -0.15) is 5.26 Å². The molecule has 0 bridgehead atoms. The van der Waals surface area contributed by atoms with E-state index in [1.54, 1.807) is 6.07 Å². The Bertz CT molecular complexity index is 927. The fourth-order valence-corrected chi connectivity index (χ4v) is 4.35. The zero-order chi connectivity index (χ0) is 17.9. The van der Waals surface area contributed by atoms with Crippen LogP contribution in [0.5, 0.6) is 0 Å². The number of alkyl halides is 2. The minimum Gasteiger partial charge on any atom is -0.382 e. The van der Waals surface area contributed by atoms with Gasteiger partial charge in [-0.25, -0.2) is 8.78 Å². The smallest absolute Gasteiger partial charge is 0.283 e. The van der Waals surface area contributed by atoms with Gasteiger partial charge in [0.25, 0.3) is 5.92 Å². The van der Waals surface area contributed by atoms with Crippen LogP contribution in [0.15, 0.2) is 24.4 Å². The highest BCUT2D eigenvalue weighted by molar-refractivity contribution is 7.70. The second-order valence-electron chi connectivity index (χ2n) is 6.21. The summed E-state index contributed by atoms with van der Waals surface area (Å²) in [7, 11) is -2.89. The maximum absolute atomic E-state index is 14.0. The van der Waals surface area contributed by atoms with Crippen LogP contribution in [0, 0.1) is 11.3 Å². The highest BCUT2D eigenvalue weighted by Gasteiger charge is 2.51. The van der Waals surface area contributed by atoms with Crippen molar-refractivity contribution < 1.29 is 18.5 Å². The number of aliphatic hydroxyl groups excluding tert-OH is 1. The lowest BCUT2D eigenvalue weighted by Crippen LogP contribution is -2.25. The van der Waals surface area contributed by atoms with Crippen LogP contribution >= 0.6 is 18.7 Å². The largest absolute Gasteiger partial charge is 0.382 e. The van der Waals surface area contributed by atoms with Gasteiger partial charge < -0.3 is 14.2 Å². The summed E-state index contributed by atoms with van der Waals surface area (Å²) in [5, 5.41) is 19.6. The average molecular weight is 371 g/mol. The summed E-state index contributed by atoms with van der Waals surface area (Å²) >= 11 is 5.91. The van der Waals surface area contributed by atoms with Gasteiger partial charge in [-0.1, -0.05) is 11.6 Å². The maximum atomic E-state index is 14.0. The molecule has 24 heavy (non-hydrogen) atoms. The van der Waals surface area contributed by atoms with E-state index in [9.17, 15) is 18.5 Å². The molecular weight excluding hydrogens is 357 g/mol. The molecule has 0 aliphatic heterocycles. The van der Waals surface area contributed by atoms with Crippen molar-refractivity contribution in [2.75, 3.05) is 13.3 Å². The van der Waals surface area contributed by atoms with E-state index < -0.39 is 25.6 Å². The summed E-state index contributed by atoms with van der Waals surface area (Å²) in [5.41, 5.74) is 0.899. The Morgan fingerprint density at radius 1 is 1.46 bits per heavy atom. The van der Waals surface area contributed by atoms with Crippen LogP contribution in [0.4, 0.5) is 8.78 Å². The molecule has 4 nitrogen and oxygen atoms in total. The molecule has 0 saturated carbocycles. The van der Waals surface area contributed by atoms with E-state index in [-0.39, 0.29) is 27.1 Å². The Morgan fingerprint density at radius 2 is 2.12 bits per heavy atom. The number of fused-ring (bicyclic) bond motifs is 1. The molecule has 3 rings (SSSR count). The molecule has 1 aromatic carbocycles. The van der Waals surface area contributed by atoms with Crippen molar-refractivity contribution in [3.8, 4) is 11.8 Å². The lowest BCUT2D eigenvalue weighted by Gasteiger charge is -2.16. The fourth-order valence-electron chi connectivity index (χ4n) is 2.97. The number of rotatable bonds is 2. The predicted octanol–water partition coefficient (Wildman–Crippen LogP) is 3.48. The van der Waals surface area contributed by atoms with E-state index >= 15 is 0 Å². The van der Waals surface area contributed by atoms with Crippen molar-refractivity contribution in [2.24, 2.45) is 0 Å². The normalized spacial score (nSPS) is 19.1. The quantitative estimate of drug-likeness (QED) is 0.823. The summed E-state index contributed by atoms with van der Waals surface area (Å²) in [6.45, 7) is 2.94. The molecule has 1 N–H and O–H groups in total. The summed E-state index contributed by atoms with van der Waals surface area (Å²) in [5.74, 6) is -3.32. The molecule has 0 amide bonds. The summed E-state index contributed by atoms with van der Waals surface area (Å²) < 4.78 is 42.0. The Balaban J connectivity index is 2.28. The van der Waals surface area contributed by atoms with Crippen LogP contribution in [0.25, 0.3) is 5.69 Å². The molecule has 8 heteroatoms. The molecule has 2 aromatic rings. The second kappa shape index (κ2) is 5.42. The van der Waals surface area contributed by atoms with E-state index in [4.69, 9.17) is 16.9 Å². The summed E-state index contributed by atoms with van der Waals surface area (Å²) in [6.07, 6.45) is -1.14. The van der Waals surface area contributed by atoms with Crippen molar-refractivity contribution in [1.29, 1.82) is 5.26 Å². The Hall–Kier alpha value is -1.67. The van der Waals surface area contributed by atoms with Crippen LogP contribution in [0.1, 0.15) is 22.9 Å². The third-order valence-electron chi connectivity index (χ3n) is 4.13. The summed E-state index contributed by atoms with van der Waals surface area (Å²) in [6, 6.07) is 6.51. The number of aliphatic hydroxyl groups is 1. The predicted molar refractivity (Wildman–Crippen MR) is 88.2 cm³/mol. The maximum Gasteiger partial charge on any atom is 0.283 e. The SMILES string of the molecule is CP(C)(=O)c1cn(-c2ccc(Cl)c(C#N)c2)c2c1C(O)C(F)(F)C2. The third kappa shape index (κ3) is 2.57. The van der Waals surface area contributed by atoms with E-state index in [0.29, 0.717) is 5.69 Å². The number of aromatic nitrogens is 1. The van der Waals surface area contributed by atoms with Crippen LogP contribution in [-0.2, 0) is 11.0 Å². The first-order chi connectivity index (χ1) is 11.1. The van der Waals surface area contributed by atoms with Crippen molar-refractivity contribution in [2.45, 2.75) is 18.4 Å². The molecule has 1 unspecified atom stereocenters. The van der Waals surface area contributed by atoms with Crippen molar-refractivity contribution >= 4 is 24.0 Å². The fraction of sp³-hybridized carbons (Fsp3) is 0.312. The van der Waals surface area contributed by atoms with E-state index in [1.165, 1.54) is 36.2 Å². The zero-order valence-corrected chi connectivity index (χ0v) is 14.6. The van der Waals surface area contributed by atoms with Crippen molar-refractivity contribution in [3.63, 3.8) is 0 Å². The minimum atomic E-state index is -3.32. The van der Waals surface area contributed by atoms with Gasteiger partial charge in [0.05, 0.1) is 17.0 Å². The number of nitriles is 1. The monoisotopic (exact) mass is 370 g/mol. The number of benzene rings is 1. The van der Waals surface area contributed by atoms with Gasteiger partial charge in [0, 0.05) is 28.4 Å². The summed E-state index contributed by atoms with van der Waals surface area (Å²) in [4.78, 5) is 0. The molecular formula is C16H14ClF2N2O2P. The lowest BCUT2D eigenvalue weighted by atomic mass is 10.2. The van der Waals surface area contributed by atoms with Crippen LogP contribution in [0.2, 0.25) is 5.02 Å². The molecule has 1 heterocycles. The highest BCUT2D eigenvalue weighted by Crippen LogP contribution is 2.49. The lowest BCUT2D eigenvalue weighted by molar-refractivity contribution is -0.0969. The topological polar surface area (TPSA) is 66.0 Å². The molecule has 1 aliphatic carbocycles. The number of hydrogen-bond donors (Lipinski definition) is 1. The number of halogens is 3. The molecule has 1 aromatic heterocycles. The molecule has 0 saturated heterocycles. The standard InChI is InChI=1S/C16H14ClF2N2O2P/c1-24(2,23)13-8-21(10-3-4-11(17)9(5-10)7-20)12-6-16(18,19)15(22)14(12)13/h3-5,8,15,22H,6H2,1-2H3. The molecule has 0 radical (unpaired) electrons. The molecule has 126 valence electrons. The van der Waals surface area contributed by atoms with E-state index in [1.807, 2.05) is 6.07 Å².